The molecule has 12 heteroatoms. The van der Waals surface area contributed by atoms with Gasteiger partial charge < -0.3 is 24.5 Å². The summed E-state index contributed by atoms with van der Waals surface area (Å²) < 4.78 is 32.3. The second-order valence-electron chi connectivity index (χ2n) is 8.01. The van der Waals surface area contributed by atoms with Crippen molar-refractivity contribution < 1.29 is 27.9 Å². The van der Waals surface area contributed by atoms with Crippen LogP contribution < -0.4 is 10.6 Å². The number of aromatic nitrogens is 4. The van der Waals surface area contributed by atoms with E-state index in [9.17, 15) is 14.0 Å². The molecule has 1 aliphatic rings. The summed E-state index contributed by atoms with van der Waals surface area (Å²) in [7, 11) is 0. The third-order valence-corrected chi connectivity index (χ3v) is 5.35. The van der Waals surface area contributed by atoms with Gasteiger partial charge in [-0.1, -0.05) is 0 Å². The van der Waals surface area contributed by atoms with E-state index in [0.717, 1.165) is 0 Å². The number of nitrogens with one attached hydrogen (secondary N) is 2. The number of oxazole rings is 1. The van der Waals surface area contributed by atoms with Crippen molar-refractivity contribution in [1.29, 1.82) is 0 Å². The Balaban J connectivity index is 1.39. The molecular formula is C24H21FN6O5. The molecule has 0 bridgehead atoms. The summed E-state index contributed by atoms with van der Waals surface area (Å²) in [6.07, 6.45) is 4.59. The van der Waals surface area contributed by atoms with Crippen molar-refractivity contribution in [3.05, 3.63) is 71.5 Å². The summed E-state index contributed by atoms with van der Waals surface area (Å²) in [5, 5.41) is 5.38. The lowest BCUT2D eigenvalue weighted by Crippen LogP contribution is -2.23. The van der Waals surface area contributed by atoms with E-state index >= 15 is 0 Å². The number of nitrogens with zero attached hydrogens (tertiary/aromatic N) is 4. The quantitative estimate of drug-likeness (QED) is 0.432. The van der Waals surface area contributed by atoms with Crippen LogP contribution in [-0.4, -0.2) is 44.4 Å². The van der Waals surface area contributed by atoms with Gasteiger partial charge in [-0.2, -0.15) is 0 Å². The molecule has 1 aromatic carbocycles. The van der Waals surface area contributed by atoms with Gasteiger partial charge in [0.05, 0.1) is 23.3 Å². The second kappa shape index (κ2) is 9.13. The Labute approximate surface area is 204 Å². The van der Waals surface area contributed by atoms with Crippen molar-refractivity contribution in [3.63, 3.8) is 0 Å². The smallest absolute Gasteiger partial charge is 0.294 e. The van der Waals surface area contributed by atoms with E-state index in [-0.39, 0.29) is 35.2 Å². The minimum atomic E-state index is -0.534. The highest BCUT2D eigenvalue weighted by atomic mass is 19.1. The normalized spacial score (nSPS) is 13.3. The largest absolute Gasteiger partial charge is 0.491 e. The number of allylic oxidation sites excluding steroid dienone is 1. The van der Waals surface area contributed by atoms with Crippen LogP contribution in [0.2, 0.25) is 0 Å². The summed E-state index contributed by atoms with van der Waals surface area (Å²) in [6, 6.07) is 4.13. The molecule has 4 heterocycles. The molecule has 2 amide bonds. The number of rotatable bonds is 5. The number of imidazole rings is 1. The average molecular weight is 492 g/mol. The fraction of sp³-hybridized carbons (Fsp3) is 0.208. The Hall–Kier alpha value is -4.74. The van der Waals surface area contributed by atoms with Gasteiger partial charge >= 0.3 is 0 Å². The van der Waals surface area contributed by atoms with Crippen LogP contribution in [0.25, 0.3) is 17.0 Å². The van der Waals surface area contributed by atoms with Gasteiger partial charge in [-0.15, -0.1) is 0 Å². The number of hydrogen-bond donors (Lipinski definition) is 2. The number of ether oxygens (including phenoxy) is 2. The molecule has 0 atom stereocenters. The topological polar surface area (TPSA) is 133 Å². The van der Waals surface area contributed by atoms with Crippen molar-refractivity contribution in [1.82, 2.24) is 19.4 Å². The van der Waals surface area contributed by atoms with E-state index in [1.807, 2.05) is 0 Å². The maximum absolute atomic E-state index is 14.7. The maximum atomic E-state index is 14.7. The van der Waals surface area contributed by atoms with Crippen LogP contribution in [0.15, 0.2) is 52.7 Å². The Morgan fingerprint density at radius 3 is 2.53 bits per heavy atom. The zero-order valence-corrected chi connectivity index (χ0v) is 19.6. The van der Waals surface area contributed by atoms with Crippen LogP contribution >= 0.6 is 0 Å². The van der Waals surface area contributed by atoms with E-state index < -0.39 is 17.6 Å². The van der Waals surface area contributed by atoms with E-state index in [0.29, 0.717) is 35.3 Å². The molecule has 1 aliphatic heterocycles. The number of carbonyl (C=O) groups is 2. The lowest BCUT2D eigenvalue weighted by Gasteiger charge is -2.19. The summed E-state index contributed by atoms with van der Waals surface area (Å²) in [5.41, 5.74) is 1.62. The van der Waals surface area contributed by atoms with Crippen LogP contribution in [0.5, 0.6) is 0 Å². The summed E-state index contributed by atoms with van der Waals surface area (Å²) in [6.45, 7) is 5.62. The van der Waals surface area contributed by atoms with Gasteiger partial charge in [0.2, 0.25) is 17.3 Å². The Bertz CT molecular complexity index is 1540. The zero-order chi connectivity index (χ0) is 25.4. The number of carbonyl (C=O) groups excluding carboxylic acids is 2. The molecule has 0 unspecified atom stereocenters. The van der Waals surface area contributed by atoms with Crippen molar-refractivity contribution in [2.75, 3.05) is 23.8 Å². The van der Waals surface area contributed by atoms with Crippen molar-refractivity contribution >= 4 is 29.0 Å². The fourth-order valence-electron chi connectivity index (χ4n) is 3.73. The molecule has 0 saturated heterocycles. The van der Waals surface area contributed by atoms with Gasteiger partial charge in [0.25, 0.3) is 11.8 Å². The summed E-state index contributed by atoms with van der Waals surface area (Å²) >= 11 is 0. The highest BCUT2D eigenvalue weighted by Gasteiger charge is 2.21. The first kappa shape index (κ1) is 23.0. The summed E-state index contributed by atoms with van der Waals surface area (Å²) in [5.74, 6) is -0.262. The van der Waals surface area contributed by atoms with E-state index in [1.165, 1.54) is 24.4 Å². The lowest BCUT2D eigenvalue weighted by atomic mass is 10.1. The lowest BCUT2D eigenvalue weighted by molar-refractivity contribution is -0.117. The molecule has 0 spiro atoms. The van der Waals surface area contributed by atoms with Gasteiger partial charge in [0.15, 0.2) is 5.89 Å². The third-order valence-electron chi connectivity index (χ3n) is 5.35. The minimum Gasteiger partial charge on any atom is -0.491 e. The molecule has 0 radical (unpaired) electrons. The zero-order valence-electron chi connectivity index (χ0n) is 19.6. The molecule has 184 valence electrons. The van der Waals surface area contributed by atoms with Gasteiger partial charge in [-0.05, 0) is 32.0 Å². The second-order valence-corrected chi connectivity index (χ2v) is 8.01. The van der Waals surface area contributed by atoms with Crippen molar-refractivity contribution in [3.8, 4) is 11.3 Å². The van der Waals surface area contributed by atoms with E-state index in [1.54, 1.807) is 37.6 Å². The Kier molecular flexibility index (Phi) is 5.84. The van der Waals surface area contributed by atoms with Gasteiger partial charge in [0, 0.05) is 30.6 Å². The molecule has 3 aromatic heterocycles. The number of anilines is 2. The molecule has 36 heavy (non-hydrogen) atoms. The molecule has 4 aromatic rings. The number of amides is 2. The molecule has 0 fully saturated rings. The van der Waals surface area contributed by atoms with Crippen LogP contribution in [-0.2, 0) is 14.3 Å². The van der Waals surface area contributed by atoms with E-state index in [4.69, 9.17) is 13.9 Å². The van der Waals surface area contributed by atoms with Crippen molar-refractivity contribution in [2.45, 2.75) is 20.8 Å². The molecule has 5 rings (SSSR count). The molecule has 11 nitrogen and oxygen atoms in total. The maximum Gasteiger partial charge on any atom is 0.294 e. The molecule has 2 N–H and O–H groups in total. The Morgan fingerprint density at radius 2 is 1.78 bits per heavy atom. The first-order valence-corrected chi connectivity index (χ1v) is 11.0. The van der Waals surface area contributed by atoms with Gasteiger partial charge in [0.1, 0.15) is 24.8 Å². The molecule has 0 aliphatic carbocycles. The van der Waals surface area contributed by atoms with Gasteiger partial charge in [-0.25, -0.2) is 19.3 Å². The number of hydrogen-bond acceptors (Lipinski definition) is 8. The first-order valence-electron chi connectivity index (χ1n) is 11.0. The predicted molar refractivity (Wildman–Crippen MR) is 126 cm³/mol. The fourth-order valence-corrected chi connectivity index (χ4v) is 3.73. The summed E-state index contributed by atoms with van der Waals surface area (Å²) in [4.78, 5) is 37.8. The van der Waals surface area contributed by atoms with Crippen LogP contribution in [0.1, 0.15) is 29.1 Å². The highest BCUT2D eigenvalue weighted by molar-refractivity contribution is 6.03. The Morgan fingerprint density at radius 1 is 1.00 bits per heavy atom. The standard InChI is InChI=1S/C24H21FN6O5/c1-12-20(36-14(3)27-12)22(32)28-15-4-5-18(25)17(8-15)19-11-31-10-16(9-26-24(31)30-19)29-23(33)21-13(2)34-6-7-35-21/h4-5,8-11H,6-7H2,1-3H3,(H,28,32)(H,29,33). The molecular weight excluding hydrogens is 471 g/mol. The predicted octanol–water partition coefficient (Wildman–Crippen LogP) is 3.61. The van der Waals surface area contributed by atoms with Crippen molar-refractivity contribution in [2.24, 2.45) is 0 Å². The number of fused-ring (bicyclic) bond motifs is 1. The molecule has 0 saturated carbocycles. The third kappa shape index (κ3) is 4.48. The first-order chi connectivity index (χ1) is 17.3. The average Bonchev–Trinajstić information content (AvgIpc) is 3.42. The number of aryl methyl sites for hydroxylation is 2. The number of halogens is 1. The van der Waals surface area contributed by atoms with E-state index in [2.05, 4.69) is 25.6 Å². The highest BCUT2D eigenvalue weighted by Crippen LogP contribution is 2.27. The monoisotopic (exact) mass is 492 g/mol. The minimum absolute atomic E-state index is 0.0843. The van der Waals surface area contributed by atoms with Crippen LogP contribution in [0.4, 0.5) is 15.8 Å². The SMILES string of the molecule is CC1=C(C(=O)Nc2cnc3nc(-c4cc(NC(=O)c5oc(C)nc5C)ccc4F)cn3c2)OCCO1. The van der Waals surface area contributed by atoms with Crippen LogP contribution in [0.3, 0.4) is 0 Å². The van der Waals surface area contributed by atoms with Crippen LogP contribution in [0, 0.1) is 19.7 Å². The number of benzene rings is 1. The van der Waals surface area contributed by atoms with Gasteiger partial charge in [-0.3, -0.25) is 14.0 Å².